The van der Waals surface area contributed by atoms with Gasteiger partial charge in [-0.25, -0.2) is 0 Å². The van der Waals surface area contributed by atoms with Crippen LogP contribution in [0.2, 0.25) is 0 Å². The zero-order valence-corrected chi connectivity index (χ0v) is 10.2. The van der Waals surface area contributed by atoms with Crippen molar-refractivity contribution < 1.29 is 5.11 Å². The molecule has 1 saturated carbocycles. The lowest BCUT2D eigenvalue weighted by Gasteiger charge is -2.01. The number of rotatable bonds is 11. The summed E-state index contributed by atoms with van der Waals surface area (Å²) < 4.78 is 0. The van der Waals surface area contributed by atoms with Gasteiger partial charge in [-0.05, 0) is 12.3 Å². The van der Waals surface area contributed by atoms with Crippen molar-refractivity contribution in [2.75, 3.05) is 6.61 Å². The van der Waals surface area contributed by atoms with E-state index in [1.165, 1.54) is 70.6 Å². The van der Waals surface area contributed by atoms with Gasteiger partial charge in [-0.1, -0.05) is 70.6 Å². The van der Waals surface area contributed by atoms with Gasteiger partial charge < -0.3 is 5.11 Å². The predicted molar refractivity (Wildman–Crippen MR) is 66.0 cm³/mol. The fourth-order valence-electron chi connectivity index (χ4n) is 2.19. The summed E-state index contributed by atoms with van der Waals surface area (Å²) in [6, 6.07) is 0. The molecule has 0 saturated heterocycles. The van der Waals surface area contributed by atoms with E-state index in [0.717, 1.165) is 12.3 Å². The molecule has 1 N–H and O–H groups in total. The SMILES string of the molecule is OCCCCCCCCCCCC1CC1. The van der Waals surface area contributed by atoms with Gasteiger partial charge in [-0.3, -0.25) is 0 Å². The highest BCUT2D eigenvalue weighted by Gasteiger charge is 2.19. The van der Waals surface area contributed by atoms with Crippen molar-refractivity contribution in [3.8, 4) is 0 Å². The second-order valence-electron chi connectivity index (χ2n) is 5.14. The van der Waals surface area contributed by atoms with Gasteiger partial charge >= 0.3 is 0 Å². The Morgan fingerprint density at radius 3 is 1.60 bits per heavy atom. The minimum atomic E-state index is 0.376. The van der Waals surface area contributed by atoms with E-state index in [2.05, 4.69) is 0 Å². The molecule has 90 valence electrons. The van der Waals surface area contributed by atoms with Gasteiger partial charge in [0.15, 0.2) is 0 Å². The molecule has 1 fully saturated rings. The molecule has 1 nitrogen and oxygen atoms in total. The summed E-state index contributed by atoms with van der Waals surface area (Å²) in [4.78, 5) is 0. The molecule has 1 aliphatic carbocycles. The van der Waals surface area contributed by atoms with Crippen molar-refractivity contribution in [2.24, 2.45) is 5.92 Å². The van der Waals surface area contributed by atoms with Crippen LogP contribution >= 0.6 is 0 Å². The average molecular weight is 212 g/mol. The molecule has 0 aromatic carbocycles. The Bertz CT molecular complexity index is 129. The van der Waals surface area contributed by atoms with Gasteiger partial charge in [0, 0.05) is 6.61 Å². The normalized spacial score (nSPS) is 15.8. The fraction of sp³-hybridized carbons (Fsp3) is 1.00. The second-order valence-corrected chi connectivity index (χ2v) is 5.14. The van der Waals surface area contributed by atoms with E-state index in [-0.39, 0.29) is 0 Å². The van der Waals surface area contributed by atoms with Crippen molar-refractivity contribution in [3.63, 3.8) is 0 Å². The third-order valence-electron chi connectivity index (χ3n) is 3.47. The molecule has 15 heavy (non-hydrogen) atoms. The number of aliphatic hydroxyl groups excluding tert-OH is 1. The molecule has 0 spiro atoms. The monoisotopic (exact) mass is 212 g/mol. The lowest BCUT2D eigenvalue weighted by molar-refractivity contribution is 0.282. The van der Waals surface area contributed by atoms with E-state index in [1.807, 2.05) is 0 Å². The molecule has 0 radical (unpaired) electrons. The van der Waals surface area contributed by atoms with Gasteiger partial charge in [-0.15, -0.1) is 0 Å². The summed E-state index contributed by atoms with van der Waals surface area (Å²) in [5, 5.41) is 8.62. The van der Waals surface area contributed by atoms with Crippen LogP contribution in [-0.4, -0.2) is 11.7 Å². The Balaban J connectivity index is 1.62. The maximum atomic E-state index is 8.62. The fourth-order valence-corrected chi connectivity index (χ4v) is 2.19. The van der Waals surface area contributed by atoms with Crippen LogP contribution in [-0.2, 0) is 0 Å². The van der Waals surface area contributed by atoms with E-state index in [9.17, 15) is 0 Å². The highest BCUT2D eigenvalue weighted by Crippen LogP contribution is 2.34. The van der Waals surface area contributed by atoms with Crippen molar-refractivity contribution in [1.29, 1.82) is 0 Å². The zero-order valence-electron chi connectivity index (χ0n) is 10.2. The highest BCUT2D eigenvalue weighted by molar-refractivity contribution is 4.72. The molecule has 0 atom stereocenters. The first-order chi connectivity index (χ1) is 7.43. The molecule has 0 unspecified atom stereocenters. The molecule has 0 heterocycles. The lowest BCUT2D eigenvalue weighted by atomic mass is 10.1. The van der Waals surface area contributed by atoms with E-state index in [0.29, 0.717) is 6.61 Å². The maximum Gasteiger partial charge on any atom is 0.0431 e. The molecule has 1 rings (SSSR count). The summed E-state index contributed by atoms with van der Waals surface area (Å²) in [5.41, 5.74) is 0. The first-order valence-corrected chi connectivity index (χ1v) is 7.04. The molecule has 1 aliphatic rings. The van der Waals surface area contributed by atoms with E-state index in [1.54, 1.807) is 0 Å². The van der Waals surface area contributed by atoms with Crippen molar-refractivity contribution >= 4 is 0 Å². The summed E-state index contributed by atoms with van der Waals surface area (Å²) in [6.07, 6.45) is 16.7. The third kappa shape index (κ3) is 8.92. The smallest absolute Gasteiger partial charge is 0.0431 e. The number of aliphatic hydroxyl groups is 1. The molecular weight excluding hydrogens is 184 g/mol. The van der Waals surface area contributed by atoms with Crippen LogP contribution in [0.1, 0.15) is 77.0 Å². The topological polar surface area (TPSA) is 20.2 Å². The molecule has 1 heteroatoms. The van der Waals surface area contributed by atoms with Crippen LogP contribution < -0.4 is 0 Å². The van der Waals surface area contributed by atoms with Crippen molar-refractivity contribution in [3.05, 3.63) is 0 Å². The summed E-state index contributed by atoms with van der Waals surface area (Å²) in [5.74, 6) is 1.13. The van der Waals surface area contributed by atoms with Crippen molar-refractivity contribution in [2.45, 2.75) is 77.0 Å². The van der Waals surface area contributed by atoms with E-state index < -0.39 is 0 Å². The molecule has 0 aromatic heterocycles. The van der Waals surface area contributed by atoms with Gasteiger partial charge in [-0.2, -0.15) is 0 Å². The molecule has 0 amide bonds. The van der Waals surface area contributed by atoms with Crippen LogP contribution in [0.25, 0.3) is 0 Å². The lowest BCUT2D eigenvalue weighted by Crippen LogP contribution is -1.84. The van der Waals surface area contributed by atoms with E-state index in [4.69, 9.17) is 5.11 Å². The Kier molecular flexibility index (Phi) is 7.99. The van der Waals surface area contributed by atoms with E-state index >= 15 is 0 Å². The molecule has 0 aromatic rings. The van der Waals surface area contributed by atoms with Crippen LogP contribution in [0.3, 0.4) is 0 Å². The number of unbranched alkanes of at least 4 members (excludes halogenated alkanes) is 8. The zero-order chi connectivity index (χ0) is 10.8. The summed E-state index contributed by atoms with van der Waals surface area (Å²) in [7, 11) is 0. The Morgan fingerprint density at radius 2 is 1.13 bits per heavy atom. The van der Waals surface area contributed by atoms with Gasteiger partial charge in [0.05, 0.1) is 0 Å². The van der Waals surface area contributed by atoms with Gasteiger partial charge in [0.1, 0.15) is 0 Å². The first-order valence-electron chi connectivity index (χ1n) is 7.04. The Morgan fingerprint density at radius 1 is 0.667 bits per heavy atom. The standard InChI is InChI=1S/C14H28O/c15-13-9-7-5-3-1-2-4-6-8-10-14-11-12-14/h14-15H,1-13H2. The van der Waals surface area contributed by atoms with Crippen LogP contribution in [0, 0.1) is 5.92 Å². The minimum Gasteiger partial charge on any atom is -0.396 e. The molecular formula is C14H28O. The minimum absolute atomic E-state index is 0.376. The largest absolute Gasteiger partial charge is 0.396 e. The van der Waals surface area contributed by atoms with Gasteiger partial charge in [0.2, 0.25) is 0 Å². The predicted octanol–water partition coefficient (Wildman–Crippen LogP) is 4.29. The van der Waals surface area contributed by atoms with Crippen LogP contribution in [0.5, 0.6) is 0 Å². The quantitative estimate of drug-likeness (QED) is 0.507. The maximum absolute atomic E-state index is 8.62. The summed E-state index contributed by atoms with van der Waals surface area (Å²) >= 11 is 0. The number of hydrogen-bond acceptors (Lipinski definition) is 1. The highest BCUT2D eigenvalue weighted by atomic mass is 16.2. The molecule has 0 bridgehead atoms. The van der Waals surface area contributed by atoms with Crippen LogP contribution in [0.4, 0.5) is 0 Å². The summed E-state index contributed by atoms with van der Waals surface area (Å²) in [6.45, 7) is 0.376. The van der Waals surface area contributed by atoms with Crippen LogP contribution in [0.15, 0.2) is 0 Å². The Labute approximate surface area is 95.3 Å². The first kappa shape index (κ1) is 13.0. The van der Waals surface area contributed by atoms with Crippen molar-refractivity contribution in [1.82, 2.24) is 0 Å². The Hall–Kier alpha value is -0.0400. The molecule has 0 aliphatic heterocycles. The third-order valence-corrected chi connectivity index (χ3v) is 3.47. The van der Waals surface area contributed by atoms with Gasteiger partial charge in [0.25, 0.3) is 0 Å². The average Bonchev–Trinajstić information content (AvgIpc) is 3.05. The second kappa shape index (κ2) is 9.21. The number of hydrogen-bond donors (Lipinski definition) is 1.